The molecule has 1 aliphatic heterocycles. The molecular formula is C20H18ClF4N3O4. The third-order valence-electron chi connectivity index (χ3n) is 5.18. The van der Waals surface area contributed by atoms with Crippen LogP contribution in [0.25, 0.3) is 0 Å². The molecule has 32 heavy (non-hydrogen) atoms. The summed E-state index contributed by atoms with van der Waals surface area (Å²) in [6.07, 6.45) is -5.88. The third kappa shape index (κ3) is 4.35. The topological polar surface area (TPSA) is 104 Å². The Morgan fingerprint density at radius 3 is 2.62 bits per heavy atom. The molecule has 2 aromatic rings. The van der Waals surface area contributed by atoms with Gasteiger partial charge in [-0.2, -0.15) is 13.2 Å². The molecule has 3 rings (SSSR count). The molecule has 1 aliphatic rings. The Kier molecular flexibility index (Phi) is 6.34. The third-order valence-corrected chi connectivity index (χ3v) is 5.54. The molecule has 3 atom stereocenters. The van der Waals surface area contributed by atoms with Gasteiger partial charge >= 0.3 is 6.18 Å². The summed E-state index contributed by atoms with van der Waals surface area (Å²) in [5, 5.41) is 1.98. The molecule has 1 aromatic carbocycles. The summed E-state index contributed by atoms with van der Waals surface area (Å²) in [6.45, 7) is 0.822. The van der Waals surface area contributed by atoms with Crippen molar-refractivity contribution in [1.82, 2.24) is 4.98 Å². The number of carbonyl (C=O) groups is 2. The number of nitrogens with one attached hydrogen (secondary N) is 1. The molecule has 1 saturated heterocycles. The molecule has 0 saturated carbocycles. The van der Waals surface area contributed by atoms with E-state index < -0.39 is 52.9 Å². The second kappa shape index (κ2) is 8.55. The molecule has 1 aromatic heterocycles. The highest BCUT2D eigenvalue weighted by atomic mass is 35.5. The van der Waals surface area contributed by atoms with Crippen molar-refractivity contribution in [2.24, 2.45) is 5.73 Å². The van der Waals surface area contributed by atoms with Gasteiger partial charge in [0.2, 0.25) is 0 Å². The smallest absolute Gasteiger partial charge is 0.417 e. The number of alkyl halides is 3. The minimum atomic E-state index is -4.80. The van der Waals surface area contributed by atoms with Crippen LogP contribution in [-0.4, -0.2) is 41.8 Å². The lowest BCUT2D eigenvalue weighted by molar-refractivity contribution is -0.261. The molecule has 12 heteroatoms. The number of hydrogen-bond donors (Lipinski definition) is 2. The summed E-state index contributed by atoms with van der Waals surface area (Å²) in [5.74, 6) is -3.98. The monoisotopic (exact) mass is 475 g/mol. The van der Waals surface area contributed by atoms with Crippen molar-refractivity contribution in [2.45, 2.75) is 37.1 Å². The van der Waals surface area contributed by atoms with E-state index in [-0.39, 0.29) is 22.7 Å². The van der Waals surface area contributed by atoms with Gasteiger partial charge in [0.15, 0.2) is 5.60 Å². The predicted octanol–water partition coefficient (Wildman–Crippen LogP) is 3.81. The second-order valence-corrected chi connectivity index (χ2v) is 7.72. The van der Waals surface area contributed by atoms with Gasteiger partial charge in [-0.3, -0.25) is 14.6 Å². The van der Waals surface area contributed by atoms with Crippen LogP contribution in [0.5, 0.6) is 5.75 Å². The number of aromatic nitrogens is 1. The van der Waals surface area contributed by atoms with Crippen LogP contribution in [0.2, 0.25) is 5.02 Å². The average Bonchev–Trinajstić information content (AvgIpc) is 3.09. The maximum atomic E-state index is 13.9. The predicted molar refractivity (Wildman–Crippen MR) is 106 cm³/mol. The van der Waals surface area contributed by atoms with Crippen molar-refractivity contribution in [3.05, 3.63) is 52.6 Å². The van der Waals surface area contributed by atoms with Crippen LogP contribution >= 0.6 is 11.6 Å². The van der Waals surface area contributed by atoms with Gasteiger partial charge in [-0.15, -0.1) is 0 Å². The Morgan fingerprint density at radius 2 is 2.03 bits per heavy atom. The molecule has 3 N–H and O–H groups in total. The lowest BCUT2D eigenvalue weighted by Gasteiger charge is -2.27. The van der Waals surface area contributed by atoms with E-state index in [1.54, 1.807) is 0 Å². The molecule has 0 aliphatic carbocycles. The maximum absolute atomic E-state index is 13.9. The standard InChI is InChI=1S/C20H18ClF4N3O4/c1-19(20(23,24)25)8-11(10-3-4-12(22)14(21)15(10)31-2)16(32-19)18(30)28-9-5-6-27-13(7-9)17(26)29/h3-7,11,16H,8H2,1-2H3,(H2,26,29)(H,27,28,30)/t11-,16-,19+/m0/s1. The number of anilines is 1. The van der Waals surface area contributed by atoms with Crippen molar-refractivity contribution in [2.75, 3.05) is 12.4 Å². The van der Waals surface area contributed by atoms with Crippen LogP contribution in [-0.2, 0) is 9.53 Å². The van der Waals surface area contributed by atoms with E-state index in [2.05, 4.69) is 10.3 Å². The highest BCUT2D eigenvalue weighted by Crippen LogP contribution is 2.52. The number of primary amides is 1. The fraction of sp³-hybridized carbons (Fsp3) is 0.350. The van der Waals surface area contributed by atoms with Crippen molar-refractivity contribution < 1.29 is 36.6 Å². The summed E-state index contributed by atoms with van der Waals surface area (Å²) in [5.41, 5.74) is 2.49. The molecule has 7 nitrogen and oxygen atoms in total. The highest BCUT2D eigenvalue weighted by molar-refractivity contribution is 6.32. The zero-order chi connectivity index (χ0) is 23.8. The van der Waals surface area contributed by atoms with Crippen molar-refractivity contribution >= 4 is 29.1 Å². The second-order valence-electron chi connectivity index (χ2n) is 7.34. The van der Waals surface area contributed by atoms with Gasteiger partial charge < -0.3 is 20.5 Å². The van der Waals surface area contributed by atoms with E-state index in [4.69, 9.17) is 26.8 Å². The Bertz CT molecular complexity index is 1070. The number of halogens is 5. The Labute approximate surface area is 184 Å². The molecule has 172 valence electrons. The zero-order valence-electron chi connectivity index (χ0n) is 16.8. The number of pyridine rings is 1. The number of amides is 2. The summed E-state index contributed by atoms with van der Waals surface area (Å²) in [6, 6.07) is 4.67. The zero-order valence-corrected chi connectivity index (χ0v) is 17.6. The number of benzene rings is 1. The molecule has 0 bridgehead atoms. The van der Waals surface area contributed by atoms with E-state index in [1.165, 1.54) is 31.5 Å². The normalized spacial score (nSPS) is 23.1. The van der Waals surface area contributed by atoms with Gasteiger partial charge in [0.05, 0.1) is 7.11 Å². The minimum Gasteiger partial charge on any atom is -0.495 e. The highest BCUT2D eigenvalue weighted by Gasteiger charge is 2.61. The minimum absolute atomic E-state index is 0.0749. The number of rotatable bonds is 5. The SMILES string of the molecule is COc1c([C@@H]2C[C@](C)(C(F)(F)F)O[C@@H]2C(=O)Nc2ccnc(C(N)=O)c2)ccc(F)c1Cl. The number of methoxy groups -OCH3 is 1. The number of hydrogen-bond acceptors (Lipinski definition) is 5. The average molecular weight is 476 g/mol. The van der Waals surface area contributed by atoms with Crippen LogP contribution in [0.4, 0.5) is 23.2 Å². The van der Waals surface area contributed by atoms with Crippen LogP contribution in [0.1, 0.15) is 35.3 Å². The van der Waals surface area contributed by atoms with E-state index in [9.17, 15) is 27.2 Å². The maximum Gasteiger partial charge on any atom is 0.417 e. The summed E-state index contributed by atoms with van der Waals surface area (Å²) in [4.78, 5) is 28.0. The van der Waals surface area contributed by atoms with Crippen LogP contribution in [0, 0.1) is 5.82 Å². The largest absolute Gasteiger partial charge is 0.495 e. The first-order chi connectivity index (χ1) is 14.9. The molecular weight excluding hydrogens is 458 g/mol. The number of carbonyl (C=O) groups excluding carboxylic acids is 2. The molecule has 1 fully saturated rings. The number of nitrogens with two attached hydrogens (primary N) is 1. The van der Waals surface area contributed by atoms with E-state index in [0.717, 1.165) is 13.0 Å². The van der Waals surface area contributed by atoms with Gasteiger partial charge in [-0.05, 0) is 31.5 Å². The van der Waals surface area contributed by atoms with Gasteiger partial charge in [0.25, 0.3) is 11.8 Å². The van der Waals surface area contributed by atoms with Crippen LogP contribution in [0.15, 0.2) is 30.5 Å². The van der Waals surface area contributed by atoms with Gasteiger partial charge in [-0.1, -0.05) is 17.7 Å². The lowest BCUT2D eigenvalue weighted by atomic mass is 9.86. The molecule has 0 radical (unpaired) electrons. The molecule has 0 spiro atoms. The fourth-order valence-electron chi connectivity index (χ4n) is 3.53. The van der Waals surface area contributed by atoms with E-state index >= 15 is 0 Å². The molecule has 0 unspecified atom stereocenters. The van der Waals surface area contributed by atoms with E-state index in [1.807, 2.05) is 0 Å². The first-order valence-corrected chi connectivity index (χ1v) is 9.59. The first kappa shape index (κ1) is 23.7. The van der Waals surface area contributed by atoms with Crippen molar-refractivity contribution in [1.29, 1.82) is 0 Å². The van der Waals surface area contributed by atoms with Crippen LogP contribution in [0.3, 0.4) is 0 Å². The Hall–Kier alpha value is -2.92. The molecule has 2 amide bonds. The fourth-order valence-corrected chi connectivity index (χ4v) is 3.78. The number of ether oxygens (including phenoxy) is 2. The molecule has 2 heterocycles. The van der Waals surface area contributed by atoms with Gasteiger partial charge in [-0.25, -0.2) is 4.39 Å². The van der Waals surface area contributed by atoms with Gasteiger partial charge in [0.1, 0.15) is 28.4 Å². The van der Waals surface area contributed by atoms with Gasteiger partial charge in [0, 0.05) is 23.4 Å². The van der Waals surface area contributed by atoms with Crippen LogP contribution < -0.4 is 15.8 Å². The Morgan fingerprint density at radius 1 is 1.34 bits per heavy atom. The Balaban J connectivity index is 2.01. The summed E-state index contributed by atoms with van der Waals surface area (Å²) in [7, 11) is 1.18. The first-order valence-electron chi connectivity index (χ1n) is 9.21. The van der Waals surface area contributed by atoms with Crippen molar-refractivity contribution in [3.63, 3.8) is 0 Å². The van der Waals surface area contributed by atoms with Crippen molar-refractivity contribution in [3.8, 4) is 5.75 Å². The number of nitrogens with zero attached hydrogens (tertiary/aromatic N) is 1. The lowest BCUT2D eigenvalue weighted by Crippen LogP contribution is -2.43. The quantitative estimate of drug-likeness (QED) is 0.640. The summed E-state index contributed by atoms with van der Waals surface area (Å²) < 4.78 is 65.4. The summed E-state index contributed by atoms with van der Waals surface area (Å²) >= 11 is 5.93. The van der Waals surface area contributed by atoms with E-state index in [0.29, 0.717) is 0 Å².